The van der Waals surface area contributed by atoms with E-state index in [-0.39, 0.29) is 5.91 Å². The molecule has 1 amide bonds. The summed E-state index contributed by atoms with van der Waals surface area (Å²) in [6.45, 7) is 4.70. The molecule has 21 heavy (non-hydrogen) atoms. The van der Waals surface area contributed by atoms with Crippen molar-refractivity contribution in [1.82, 2.24) is 15.3 Å². The summed E-state index contributed by atoms with van der Waals surface area (Å²) in [6, 6.07) is 2.18. The van der Waals surface area contributed by atoms with Crippen LogP contribution in [0.1, 0.15) is 68.1 Å². The second kappa shape index (κ2) is 7.96. The zero-order valence-electron chi connectivity index (χ0n) is 13.1. The molecule has 0 unspecified atom stereocenters. The average molecular weight is 290 g/mol. The fraction of sp³-hybridized carbons (Fsp3) is 0.688. The lowest BCUT2D eigenvalue weighted by atomic mass is 9.96. The third-order valence-corrected chi connectivity index (χ3v) is 3.84. The summed E-state index contributed by atoms with van der Waals surface area (Å²) in [7, 11) is 0. The predicted molar refractivity (Wildman–Crippen MR) is 84.5 cm³/mol. The highest BCUT2D eigenvalue weighted by atomic mass is 16.1. The van der Waals surface area contributed by atoms with Gasteiger partial charge in [0.2, 0.25) is 5.95 Å². The van der Waals surface area contributed by atoms with Crippen LogP contribution in [0.25, 0.3) is 0 Å². The Labute approximate surface area is 127 Å². The van der Waals surface area contributed by atoms with E-state index in [0.29, 0.717) is 24.2 Å². The van der Waals surface area contributed by atoms with Gasteiger partial charge in [-0.1, -0.05) is 32.6 Å². The topological polar surface area (TPSA) is 66.9 Å². The van der Waals surface area contributed by atoms with Crippen molar-refractivity contribution in [2.24, 2.45) is 0 Å². The highest BCUT2D eigenvalue weighted by Gasteiger charge is 2.16. The smallest absolute Gasteiger partial charge is 0.270 e. The van der Waals surface area contributed by atoms with Gasteiger partial charge in [0, 0.05) is 18.3 Å². The van der Waals surface area contributed by atoms with Crippen LogP contribution in [0.2, 0.25) is 0 Å². The van der Waals surface area contributed by atoms with Gasteiger partial charge in [0.05, 0.1) is 0 Å². The van der Waals surface area contributed by atoms with Crippen molar-refractivity contribution in [3.8, 4) is 0 Å². The maximum Gasteiger partial charge on any atom is 0.270 e. The second-order valence-corrected chi connectivity index (χ2v) is 5.81. The van der Waals surface area contributed by atoms with E-state index in [1.807, 2.05) is 6.92 Å². The van der Waals surface area contributed by atoms with Crippen molar-refractivity contribution < 1.29 is 4.79 Å². The van der Waals surface area contributed by atoms with Gasteiger partial charge < -0.3 is 10.6 Å². The van der Waals surface area contributed by atoms with E-state index >= 15 is 0 Å². The molecule has 1 aliphatic rings. The van der Waals surface area contributed by atoms with E-state index < -0.39 is 0 Å². The summed E-state index contributed by atoms with van der Waals surface area (Å²) in [5.74, 6) is 0.475. The normalized spacial score (nSPS) is 15.7. The Bertz CT molecular complexity index is 469. The number of unbranched alkanes of at least 4 members (excludes halogenated alkanes) is 1. The van der Waals surface area contributed by atoms with Crippen LogP contribution in [-0.4, -0.2) is 28.5 Å². The average Bonchev–Trinajstić information content (AvgIpc) is 2.48. The number of nitrogens with one attached hydrogen (secondary N) is 2. The minimum atomic E-state index is -0.111. The second-order valence-electron chi connectivity index (χ2n) is 5.81. The molecular weight excluding hydrogens is 264 g/mol. The minimum Gasteiger partial charge on any atom is -0.351 e. The Hall–Kier alpha value is -1.65. The highest BCUT2D eigenvalue weighted by molar-refractivity contribution is 5.92. The third kappa shape index (κ3) is 4.99. The van der Waals surface area contributed by atoms with E-state index in [1.54, 1.807) is 6.07 Å². The highest BCUT2D eigenvalue weighted by Crippen LogP contribution is 2.20. The van der Waals surface area contributed by atoms with Gasteiger partial charge in [0.1, 0.15) is 5.69 Å². The van der Waals surface area contributed by atoms with E-state index in [9.17, 15) is 4.79 Å². The third-order valence-electron chi connectivity index (χ3n) is 3.84. The number of nitrogens with zero attached hydrogens (tertiary/aromatic N) is 2. The first-order valence-electron chi connectivity index (χ1n) is 8.09. The maximum atomic E-state index is 12.1. The van der Waals surface area contributed by atoms with Crippen molar-refractivity contribution in [3.63, 3.8) is 0 Å². The van der Waals surface area contributed by atoms with Crippen molar-refractivity contribution in [3.05, 3.63) is 17.5 Å². The van der Waals surface area contributed by atoms with Gasteiger partial charge in [-0.15, -0.1) is 0 Å². The largest absolute Gasteiger partial charge is 0.351 e. The van der Waals surface area contributed by atoms with E-state index in [1.165, 1.54) is 19.3 Å². The van der Waals surface area contributed by atoms with Gasteiger partial charge in [0.25, 0.3) is 5.91 Å². The molecule has 1 aromatic heterocycles. The Morgan fingerprint density at radius 1 is 1.29 bits per heavy atom. The van der Waals surface area contributed by atoms with Gasteiger partial charge in [-0.3, -0.25) is 4.79 Å². The molecule has 1 saturated carbocycles. The molecule has 1 aromatic rings. The number of anilines is 1. The molecule has 0 spiro atoms. The predicted octanol–water partition coefficient (Wildman–Crippen LogP) is 3.06. The molecule has 0 aromatic carbocycles. The summed E-state index contributed by atoms with van der Waals surface area (Å²) >= 11 is 0. The van der Waals surface area contributed by atoms with Gasteiger partial charge in [-0.25, -0.2) is 9.97 Å². The summed E-state index contributed by atoms with van der Waals surface area (Å²) in [6.07, 6.45) is 8.21. The summed E-state index contributed by atoms with van der Waals surface area (Å²) in [5, 5.41) is 6.28. The van der Waals surface area contributed by atoms with Gasteiger partial charge in [-0.2, -0.15) is 0 Å². The maximum absolute atomic E-state index is 12.1. The number of aromatic nitrogens is 2. The Morgan fingerprint density at radius 3 is 2.76 bits per heavy atom. The van der Waals surface area contributed by atoms with Crippen LogP contribution in [0.5, 0.6) is 0 Å². The lowest BCUT2D eigenvalue weighted by Gasteiger charge is -2.23. The van der Waals surface area contributed by atoms with Crippen LogP contribution in [-0.2, 0) is 0 Å². The van der Waals surface area contributed by atoms with Crippen LogP contribution < -0.4 is 10.6 Å². The lowest BCUT2D eigenvalue weighted by molar-refractivity contribution is 0.0948. The summed E-state index contributed by atoms with van der Waals surface area (Å²) < 4.78 is 0. The Kier molecular flexibility index (Phi) is 5.96. The molecule has 0 radical (unpaired) electrons. The Morgan fingerprint density at radius 2 is 2.05 bits per heavy atom. The molecule has 1 fully saturated rings. The van der Waals surface area contributed by atoms with Crippen LogP contribution in [0.4, 0.5) is 5.95 Å². The minimum absolute atomic E-state index is 0.111. The zero-order chi connectivity index (χ0) is 15.1. The zero-order valence-corrected chi connectivity index (χ0v) is 13.1. The molecule has 2 N–H and O–H groups in total. The molecule has 1 heterocycles. The number of rotatable bonds is 6. The van der Waals surface area contributed by atoms with Gasteiger partial charge in [-0.05, 0) is 32.3 Å². The van der Waals surface area contributed by atoms with Crippen LogP contribution in [0, 0.1) is 6.92 Å². The summed E-state index contributed by atoms with van der Waals surface area (Å²) in [5.41, 5.74) is 1.28. The molecular formula is C16H26N4O. The number of amides is 1. The molecule has 2 rings (SSSR count). The van der Waals surface area contributed by atoms with Crippen molar-refractivity contribution in [2.75, 3.05) is 11.9 Å². The first-order valence-corrected chi connectivity index (χ1v) is 8.09. The van der Waals surface area contributed by atoms with Gasteiger partial charge >= 0.3 is 0 Å². The molecule has 0 atom stereocenters. The molecule has 5 nitrogen and oxygen atoms in total. The van der Waals surface area contributed by atoms with Crippen LogP contribution >= 0.6 is 0 Å². The molecule has 5 heteroatoms. The molecule has 1 aliphatic carbocycles. The number of aryl methyl sites for hydroxylation is 1. The summed E-state index contributed by atoms with van der Waals surface area (Å²) in [4.78, 5) is 20.9. The van der Waals surface area contributed by atoms with E-state index in [0.717, 1.165) is 31.4 Å². The number of hydrogen-bond donors (Lipinski definition) is 2. The molecule has 0 bridgehead atoms. The SMILES string of the molecule is CCCCNC(=O)c1cc(C)nc(NC2CCCCC2)n1. The first kappa shape index (κ1) is 15.7. The number of carbonyl (C=O) groups excluding carboxylic acids is 1. The quantitative estimate of drug-likeness (QED) is 0.790. The van der Waals surface area contributed by atoms with E-state index in [2.05, 4.69) is 27.5 Å². The Balaban J connectivity index is 2.00. The molecule has 116 valence electrons. The number of carbonyl (C=O) groups is 1. The van der Waals surface area contributed by atoms with Gasteiger partial charge in [0.15, 0.2) is 0 Å². The fourth-order valence-electron chi connectivity index (χ4n) is 2.65. The van der Waals surface area contributed by atoms with Crippen LogP contribution in [0.15, 0.2) is 6.07 Å². The fourth-order valence-corrected chi connectivity index (χ4v) is 2.65. The molecule has 0 saturated heterocycles. The van der Waals surface area contributed by atoms with Crippen molar-refractivity contribution >= 4 is 11.9 Å². The monoisotopic (exact) mass is 290 g/mol. The van der Waals surface area contributed by atoms with E-state index in [4.69, 9.17) is 0 Å². The van der Waals surface area contributed by atoms with Crippen molar-refractivity contribution in [1.29, 1.82) is 0 Å². The molecule has 0 aliphatic heterocycles. The number of hydrogen-bond acceptors (Lipinski definition) is 4. The first-order chi connectivity index (χ1) is 10.2. The lowest BCUT2D eigenvalue weighted by Crippen LogP contribution is -2.27. The standard InChI is InChI=1S/C16H26N4O/c1-3-4-10-17-15(21)14-11-12(2)18-16(20-14)19-13-8-6-5-7-9-13/h11,13H,3-10H2,1-2H3,(H,17,21)(H,18,19,20). The van der Waals surface area contributed by atoms with Crippen LogP contribution in [0.3, 0.4) is 0 Å². The van der Waals surface area contributed by atoms with Crippen molar-refractivity contribution in [2.45, 2.75) is 64.8 Å².